The van der Waals surface area contributed by atoms with Gasteiger partial charge < -0.3 is 5.21 Å². The third-order valence-electron chi connectivity index (χ3n) is 2.03. The second-order valence-corrected chi connectivity index (χ2v) is 3.21. The molecule has 0 unspecified atom stereocenters. The van der Waals surface area contributed by atoms with E-state index in [-0.39, 0.29) is 5.78 Å². The van der Waals surface area contributed by atoms with Crippen LogP contribution in [-0.2, 0) is 4.79 Å². The van der Waals surface area contributed by atoms with Crippen molar-refractivity contribution in [1.82, 2.24) is 0 Å². The second-order valence-electron chi connectivity index (χ2n) is 3.21. The number of allylic oxidation sites excluding steroid dienone is 1. The Balaban J connectivity index is 3.11. The Bertz CT molecular complexity index is 405. The zero-order valence-electron chi connectivity index (χ0n) is 8.77. The third kappa shape index (κ3) is 3.06. The quantitative estimate of drug-likeness (QED) is 0.355. The zero-order valence-corrected chi connectivity index (χ0v) is 8.77. The van der Waals surface area contributed by atoms with E-state index < -0.39 is 0 Å². The van der Waals surface area contributed by atoms with E-state index in [1.54, 1.807) is 13.0 Å². The van der Waals surface area contributed by atoms with Gasteiger partial charge in [-0.3, -0.25) is 4.79 Å². The van der Waals surface area contributed by atoms with Crippen LogP contribution >= 0.6 is 0 Å². The molecule has 1 N–H and O–H groups in total. The first-order valence-electron chi connectivity index (χ1n) is 4.62. The summed E-state index contributed by atoms with van der Waals surface area (Å²) >= 11 is 0. The molecule has 0 spiro atoms. The highest BCUT2D eigenvalue weighted by Crippen LogP contribution is 2.09. The van der Waals surface area contributed by atoms with Crippen molar-refractivity contribution in [3.63, 3.8) is 0 Å². The van der Waals surface area contributed by atoms with E-state index in [0.29, 0.717) is 11.3 Å². The van der Waals surface area contributed by atoms with E-state index in [0.717, 1.165) is 5.56 Å². The number of carbonyl (C=O) groups is 1. The maximum Gasteiger partial charge on any atom is 0.161 e. The van der Waals surface area contributed by atoms with Gasteiger partial charge in [-0.15, -0.1) is 0 Å². The molecule has 0 bridgehead atoms. The topological polar surface area (TPSA) is 49.7 Å². The first kappa shape index (κ1) is 11.2. The molecule has 1 aromatic carbocycles. The number of hydrogen-bond acceptors (Lipinski definition) is 3. The van der Waals surface area contributed by atoms with Crippen LogP contribution in [0, 0.1) is 0 Å². The lowest BCUT2D eigenvalue weighted by molar-refractivity contribution is -0.113. The van der Waals surface area contributed by atoms with Gasteiger partial charge in [-0.2, -0.15) is 0 Å². The third-order valence-corrected chi connectivity index (χ3v) is 2.03. The maximum atomic E-state index is 11.3. The first-order chi connectivity index (χ1) is 7.15. The van der Waals surface area contributed by atoms with Crippen LogP contribution in [0.4, 0.5) is 0 Å². The van der Waals surface area contributed by atoms with Crippen molar-refractivity contribution in [2.75, 3.05) is 0 Å². The molecule has 0 fully saturated rings. The van der Waals surface area contributed by atoms with Gasteiger partial charge in [0.25, 0.3) is 0 Å². The van der Waals surface area contributed by atoms with E-state index in [4.69, 9.17) is 5.21 Å². The smallest absolute Gasteiger partial charge is 0.161 e. The molecule has 3 nitrogen and oxygen atoms in total. The van der Waals surface area contributed by atoms with Gasteiger partial charge in [0.15, 0.2) is 5.78 Å². The molecule has 0 aromatic heterocycles. The highest BCUT2D eigenvalue weighted by Gasteiger charge is 2.07. The molecule has 0 atom stereocenters. The minimum absolute atomic E-state index is 0.117. The maximum absolute atomic E-state index is 11.3. The van der Waals surface area contributed by atoms with Crippen molar-refractivity contribution in [3.05, 3.63) is 41.5 Å². The molecule has 0 aliphatic carbocycles. The van der Waals surface area contributed by atoms with Crippen LogP contribution in [-0.4, -0.2) is 16.7 Å². The molecule has 78 valence electrons. The van der Waals surface area contributed by atoms with Crippen molar-refractivity contribution in [2.24, 2.45) is 5.16 Å². The standard InChI is InChI=1S/C12H13NO2/c1-9(13-15)12(10(2)14)8-11-6-4-3-5-7-11/h3-8,15H,1-2H3/b12-8+,13-9+. The molecule has 0 saturated heterocycles. The predicted octanol–water partition coefficient (Wildman–Crippen LogP) is 2.51. The largest absolute Gasteiger partial charge is 0.411 e. The van der Waals surface area contributed by atoms with Crippen LogP contribution in [0.25, 0.3) is 6.08 Å². The number of ketones is 1. The Labute approximate surface area is 88.7 Å². The van der Waals surface area contributed by atoms with Crippen molar-refractivity contribution in [2.45, 2.75) is 13.8 Å². The lowest BCUT2D eigenvalue weighted by atomic mass is 10.0. The fraction of sp³-hybridized carbons (Fsp3) is 0.167. The van der Waals surface area contributed by atoms with Crippen molar-refractivity contribution in [3.8, 4) is 0 Å². The van der Waals surface area contributed by atoms with Gasteiger partial charge >= 0.3 is 0 Å². The summed E-state index contributed by atoms with van der Waals surface area (Å²) in [7, 11) is 0. The molecule has 3 heteroatoms. The number of nitrogens with zero attached hydrogens (tertiary/aromatic N) is 1. The number of hydrogen-bond donors (Lipinski definition) is 1. The van der Waals surface area contributed by atoms with Gasteiger partial charge in [0.05, 0.1) is 5.71 Å². The number of benzene rings is 1. The van der Waals surface area contributed by atoms with Crippen LogP contribution in [0.15, 0.2) is 41.1 Å². The SMILES string of the molecule is CC(=O)C(=C/c1ccccc1)/C(C)=N/O. The van der Waals surface area contributed by atoms with Crippen LogP contribution in [0.1, 0.15) is 19.4 Å². The summed E-state index contributed by atoms with van der Waals surface area (Å²) < 4.78 is 0. The number of oxime groups is 1. The summed E-state index contributed by atoms with van der Waals surface area (Å²) in [5.41, 5.74) is 1.65. The highest BCUT2D eigenvalue weighted by atomic mass is 16.4. The highest BCUT2D eigenvalue weighted by molar-refractivity contribution is 6.23. The van der Waals surface area contributed by atoms with Crippen molar-refractivity contribution in [1.29, 1.82) is 0 Å². The molecular weight excluding hydrogens is 190 g/mol. The Kier molecular flexibility index (Phi) is 3.80. The molecule has 0 saturated carbocycles. The molecule has 0 aliphatic heterocycles. The van der Waals surface area contributed by atoms with Gasteiger partial charge in [0.1, 0.15) is 0 Å². The normalized spacial score (nSPS) is 12.7. The summed E-state index contributed by atoms with van der Waals surface area (Å²) in [5.74, 6) is -0.117. The van der Waals surface area contributed by atoms with Crippen LogP contribution < -0.4 is 0 Å². The molecular formula is C12H13NO2. The minimum atomic E-state index is -0.117. The summed E-state index contributed by atoms with van der Waals surface area (Å²) in [6.07, 6.45) is 1.71. The Morgan fingerprint density at radius 3 is 2.33 bits per heavy atom. The van der Waals surface area contributed by atoms with Crippen LogP contribution in [0.2, 0.25) is 0 Å². The number of carbonyl (C=O) groups excluding carboxylic acids is 1. The van der Waals surface area contributed by atoms with Gasteiger partial charge in [0.2, 0.25) is 0 Å². The van der Waals surface area contributed by atoms with Gasteiger partial charge in [-0.25, -0.2) is 0 Å². The Morgan fingerprint density at radius 2 is 1.87 bits per heavy atom. The van der Waals surface area contributed by atoms with E-state index >= 15 is 0 Å². The average molecular weight is 203 g/mol. The Hall–Kier alpha value is -1.90. The van der Waals surface area contributed by atoms with E-state index in [2.05, 4.69) is 5.16 Å². The summed E-state index contributed by atoms with van der Waals surface area (Å²) in [6.45, 7) is 3.04. The Morgan fingerprint density at radius 1 is 1.27 bits per heavy atom. The molecule has 1 rings (SSSR count). The van der Waals surface area contributed by atoms with Crippen LogP contribution in [0.3, 0.4) is 0 Å². The van der Waals surface area contributed by atoms with E-state index in [1.807, 2.05) is 30.3 Å². The number of Topliss-reactive ketones (excluding diaryl/α,β-unsaturated/α-hetero) is 1. The summed E-state index contributed by atoms with van der Waals surface area (Å²) in [5, 5.41) is 11.7. The van der Waals surface area contributed by atoms with E-state index in [9.17, 15) is 4.79 Å². The molecule has 1 aromatic rings. The molecule has 0 heterocycles. The van der Waals surface area contributed by atoms with Gasteiger partial charge in [-0.1, -0.05) is 35.5 Å². The first-order valence-corrected chi connectivity index (χ1v) is 4.62. The van der Waals surface area contributed by atoms with Crippen molar-refractivity contribution >= 4 is 17.6 Å². The van der Waals surface area contributed by atoms with E-state index in [1.165, 1.54) is 6.92 Å². The minimum Gasteiger partial charge on any atom is -0.411 e. The van der Waals surface area contributed by atoms with Crippen molar-refractivity contribution < 1.29 is 10.0 Å². The number of rotatable bonds is 3. The molecule has 0 radical (unpaired) electrons. The molecule has 0 aliphatic rings. The molecule has 15 heavy (non-hydrogen) atoms. The fourth-order valence-electron chi connectivity index (χ4n) is 1.23. The monoisotopic (exact) mass is 203 g/mol. The van der Waals surface area contributed by atoms with Gasteiger partial charge in [-0.05, 0) is 25.5 Å². The average Bonchev–Trinajstić information content (AvgIpc) is 2.26. The van der Waals surface area contributed by atoms with Gasteiger partial charge in [0, 0.05) is 5.57 Å². The predicted molar refractivity (Wildman–Crippen MR) is 60.0 cm³/mol. The van der Waals surface area contributed by atoms with Crippen LogP contribution in [0.5, 0.6) is 0 Å². The lowest BCUT2D eigenvalue weighted by Gasteiger charge is -2.01. The summed E-state index contributed by atoms with van der Waals surface area (Å²) in [6, 6.07) is 9.43. The summed E-state index contributed by atoms with van der Waals surface area (Å²) in [4.78, 5) is 11.3. The fourth-order valence-corrected chi connectivity index (χ4v) is 1.23. The second kappa shape index (κ2) is 5.10. The molecule has 0 amide bonds. The zero-order chi connectivity index (χ0) is 11.3. The lowest BCUT2D eigenvalue weighted by Crippen LogP contribution is -2.06.